The zero-order valence-electron chi connectivity index (χ0n) is 26.2. The van der Waals surface area contributed by atoms with E-state index in [1.807, 2.05) is 24.3 Å². The summed E-state index contributed by atoms with van der Waals surface area (Å²) >= 11 is 1.63. The van der Waals surface area contributed by atoms with Crippen LogP contribution in [0.1, 0.15) is 30.7 Å². The number of nitrogens with one attached hydrogen (secondary N) is 1. The first kappa shape index (κ1) is 32.1. The van der Waals surface area contributed by atoms with Gasteiger partial charge in [0, 0.05) is 61.9 Å². The topological polar surface area (TPSA) is 116 Å². The minimum atomic E-state index is -3.00. The Hall–Kier alpha value is -3.81. The van der Waals surface area contributed by atoms with E-state index >= 15 is 4.39 Å². The molecule has 0 radical (unpaired) electrons. The quantitative estimate of drug-likeness (QED) is 0.182. The van der Waals surface area contributed by atoms with Crippen LogP contribution in [0.25, 0.3) is 21.8 Å². The van der Waals surface area contributed by atoms with Gasteiger partial charge in [-0.1, -0.05) is 0 Å². The van der Waals surface area contributed by atoms with Crippen LogP contribution in [0.15, 0.2) is 48.7 Å². The average Bonchev–Trinajstić information content (AvgIpc) is 3.76. The number of methoxy groups -OCH3 is 2. The number of anilines is 2. The SMILES string of the molecule is COc1cc(OC)cc(-c2nc(CC3CC3)sc2-c2ccnc(Nc3ccc(OC4CCN(CCS(C)(=O)=O)CC4)c(F)c3)n2)c1. The number of nitrogens with zero attached hydrogens (tertiary/aromatic N) is 4. The molecular weight excluding hydrogens is 630 g/mol. The minimum Gasteiger partial charge on any atom is -0.497 e. The number of likely N-dealkylation sites (tertiary alicyclic amines) is 1. The molecule has 1 aliphatic carbocycles. The van der Waals surface area contributed by atoms with Gasteiger partial charge in [0.1, 0.15) is 27.4 Å². The lowest BCUT2D eigenvalue weighted by molar-refractivity contribution is 0.100. The van der Waals surface area contributed by atoms with Crippen molar-refractivity contribution in [2.24, 2.45) is 5.92 Å². The van der Waals surface area contributed by atoms with Gasteiger partial charge in [-0.3, -0.25) is 0 Å². The fraction of sp³-hybridized carbons (Fsp3) is 0.424. The molecule has 6 rings (SSSR count). The van der Waals surface area contributed by atoms with Crippen molar-refractivity contribution in [1.29, 1.82) is 0 Å². The average molecular weight is 668 g/mol. The fourth-order valence-electron chi connectivity index (χ4n) is 5.41. The van der Waals surface area contributed by atoms with Crippen LogP contribution in [-0.2, 0) is 16.3 Å². The number of piperidine rings is 1. The maximum Gasteiger partial charge on any atom is 0.227 e. The first-order valence-electron chi connectivity index (χ1n) is 15.4. The van der Waals surface area contributed by atoms with E-state index in [1.165, 1.54) is 25.2 Å². The number of thiazole rings is 1. The molecule has 4 aromatic rings. The lowest BCUT2D eigenvalue weighted by Gasteiger charge is -2.32. The second-order valence-electron chi connectivity index (χ2n) is 11.9. The molecule has 3 heterocycles. The first-order valence-corrected chi connectivity index (χ1v) is 18.2. The molecule has 13 heteroatoms. The summed E-state index contributed by atoms with van der Waals surface area (Å²) < 4.78 is 55.1. The monoisotopic (exact) mass is 667 g/mol. The largest absolute Gasteiger partial charge is 0.497 e. The Balaban J connectivity index is 1.16. The number of hydrogen-bond donors (Lipinski definition) is 1. The smallest absolute Gasteiger partial charge is 0.227 e. The summed E-state index contributed by atoms with van der Waals surface area (Å²) in [6.45, 7) is 1.93. The molecular formula is C33H38FN5O5S2. The molecule has 0 bridgehead atoms. The molecule has 10 nitrogen and oxygen atoms in total. The summed E-state index contributed by atoms with van der Waals surface area (Å²) in [4.78, 5) is 17.2. The van der Waals surface area contributed by atoms with Crippen LogP contribution < -0.4 is 19.5 Å². The molecule has 2 aromatic heterocycles. The summed E-state index contributed by atoms with van der Waals surface area (Å²) in [5.74, 6) is 2.19. The second kappa shape index (κ2) is 13.9. The fourth-order valence-corrected chi connectivity index (χ4v) is 7.17. The van der Waals surface area contributed by atoms with Crippen LogP contribution in [0.4, 0.5) is 16.0 Å². The third-order valence-corrected chi connectivity index (χ3v) is 10.2. The Labute approximate surface area is 272 Å². The van der Waals surface area contributed by atoms with Crippen molar-refractivity contribution in [3.8, 4) is 39.1 Å². The molecule has 1 N–H and O–H groups in total. The zero-order chi connectivity index (χ0) is 32.3. The van der Waals surface area contributed by atoms with Crippen molar-refractivity contribution >= 4 is 32.8 Å². The normalized spacial score (nSPS) is 15.9. The summed E-state index contributed by atoms with van der Waals surface area (Å²) in [5.41, 5.74) is 2.87. The van der Waals surface area contributed by atoms with Crippen molar-refractivity contribution in [2.45, 2.75) is 38.2 Å². The lowest BCUT2D eigenvalue weighted by atomic mass is 10.1. The predicted molar refractivity (Wildman–Crippen MR) is 178 cm³/mol. The highest BCUT2D eigenvalue weighted by Crippen LogP contribution is 2.42. The van der Waals surface area contributed by atoms with Gasteiger partial charge in [0.05, 0.1) is 41.2 Å². The van der Waals surface area contributed by atoms with Crippen molar-refractivity contribution < 1.29 is 27.0 Å². The Kier molecular flexibility index (Phi) is 9.71. The highest BCUT2D eigenvalue weighted by molar-refractivity contribution is 7.90. The minimum absolute atomic E-state index is 0.134. The summed E-state index contributed by atoms with van der Waals surface area (Å²) in [7, 11) is 0.244. The molecule has 2 aromatic carbocycles. The van der Waals surface area contributed by atoms with Gasteiger partial charge in [-0.2, -0.15) is 0 Å². The van der Waals surface area contributed by atoms with Gasteiger partial charge in [0.2, 0.25) is 5.95 Å². The molecule has 2 aliphatic rings. The molecule has 0 unspecified atom stereocenters. The van der Waals surface area contributed by atoms with Gasteiger partial charge >= 0.3 is 0 Å². The van der Waals surface area contributed by atoms with Crippen LogP contribution in [0.5, 0.6) is 17.2 Å². The maximum atomic E-state index is 15.1. The van der Waals surface area contributed by atoms with Gasteiger partial charge in [0.15, 0.2) is 11.6 Å². The van der Waals surface area contributed by atoms with E-state index in [1.54, 1.807) is 43.9 Å². The van der Waals surface area contributed by atoms with Gasteiger partial charge in [-0.15, -0.1) is 11.3 Å². The van der Waals surface area contributed by atoms with E-state index in [2.05, 4.69) is 15.2 Å². The molecule has 0 atom stereocenters. The number of benzene rings is 2. The van der Waals surface area contributed by atoms with Crippen molar-refractivity contribution in [3.63, 3.8) is 0 Å². The molecule has 0 amide bonds. The number of aromatic nitrogens is 3. The van der Waals surface area contributed by atoms with Crippen molar-refractivity contribution in [3.05, 3.63) is 59.5 Å². The van der Waals surface area contributed by atoms with Gasteiger partial charge in [-0.05, 0) is 61.9 Å². The summed E-state index contributed by atoms with van der Waals surface area (Å²) in [6.07, 6.45) is 7.59. The third kappa shape index (κ3) is 8.31. The van der Waals surface area contributed by atoms with Gasteiger partial charge in [0.25, 0.3) is 0 Å². The van der Waals surface area contributed by atoms with E-state index in [0.29, 0.717) is 67.2 Å². The van der Waals surface area contributed by atoms with E-state index in [-0.39, 0.29) is 17.6 Å². The molecule has 46 heavy (non-hydrogen) atoms. The number of hydrogen-bond acceptors (Lipinski definition) is 11. The van der Waals surface area contributed by atoms with Crippen LogP contribution >= 0.6 is 11.3 Å². The Morgan fingerprint density at radius 2 is 1.74 bits per heavy atom. The Morgan fingerprint density at radius 3 is 2.39 bits per heavy atom. The van der Waals surface area contributed by atoms with E-state index in [0.717, 1.165) is 27.6 Å². The van der Waals surface area contributed by atoms with E-state index in [4.69, 9.17) is 24.2 Å². The number of halogens is 1. The number of ether oxygens (including phenoxy) is 3. The Morgan fingerprint density at radius 1 is 1.00 bits per heavy atom. The molecule has 1 saturated heterocycles. The van der Waals surface area contributed by atoms with Crippen LogP contribution in [0, 0.1) is 11.7 Å². The van der Waals surface area contributed by atoms with Crippen molar-refractivity contribution in [2.75, 3.05) is 51.2 Å². The van der Waals surface area contributed by atoms with Gasteiger partial charge in [-0.25, -0.2) is 27.8 Å². The molecule has 0 spiro atoms. The molecule has 1 aliphatic heterocycles. The standard InChI is InChI=1S/C33H38FN5O5S2/c1-42-25-17-22(18-26(20-25)43-2)31-32(45-30(38-31)16-21-4-5-21)28-8-11-35-33(37-28)36-23-6-7-29(27(34)19-23)44-24-9-12-39(13-10-24)14-15-46(3,40)41/h6-8,11,17-21,24H,4-5,9-10,12-16H2,1-3H3,(H,35,36,37). The predicted octanol–water partition coefficient (Wildman–Crippen LogP) is 6.01. The zero-order valence-corrected chi connectivity index (χ0v) is 27.8. The number of rotatable bonds is 13. The second-order valence-corrected chi connectivity index (χ2v) is 15.2. The van der Waals surface area contributed by atoms with Crippen LogP contribution in [0.2, 0.25) is 0 Å². The van der Waals surface area contributed by atoms with Crippen LogP contribution in [-0.4, -0.2) is 80.2 Å². The number of sulfone groups is 1. The highest BCUT2D eigenvalue weighted by atomic mass is 32.2. The maximum absolute atomic E-state index is 15.1. The lowest BCUT2D eigenvalue weighted by Crippen LogP contribution is -2.40. The third-order valence-electron chi connectivity index (χ3n) is 8.14. The van der Waals surface area contributed by atoms with Crippen molar-refractivity contribution in [1.82, 2.24) is 19.9 Å². The Bertz CT molecular complexity index is 1770. The van der Waals surface area contributed by atoms with E-state index < -0.39 is 15.7 Å². The molecule has 1 saturated carbocycles. The van der Waals surface area contributed by atoms with E-state index in [9.17, 15) is 8.42 Å². The molecule has 2 fully saturated rings. The molecule has 244 valence electrons. The summed E-state index contributed by atoms with van der Waals surface area (Å²) in [5, 5.41) is 4.19. The van der Waals surface area contributed by atoms with Gasteiger partial charge < -0.3 is 24.4 Å². The first-order chi connectivity index (χ1) is 22.2. The summed E-state index contributed by atoms with van der Waals surface area (Å²) in [6, 6.07) is 12.3. The van der Waals surface area contributed by atoms with Crippen LogP contribution in [0.3, 0.4) is 0 Å². The highest BCUT2D eigenvalue weighted by Gasteiger charge is 2.26.